The standard InChI is InChI=1S/C22H28N2O4/c1-5-28-19-11-14(9-10-18(19)27-4)17(12-22(2,3)26)24-13-15-7-6-8-16(23)20(15)21(24)25/h6-11,17,26H,5,12-13,23H2,1-4H3. The van der Waals surface area contributed by atoms with Crippen molar-refractivity contribution in [2.24, 2.45) is 0 Å². The molecule has 2 aromatic rings. The molecule has 1 unspecified atom stereocenters. The second-order valence-electron chi connectivity index (χ2n) is 7.69. The minimum Gasteiger partial charge on any atom is -0.493 e. The van der Waals surface area contributed by atoms with Crippen molar-refractivity contribution < 1.29 is 19.4 Å². The van der Waals surface area contributed by atoms with Gasteiger partial charge >= 0.3 is 0 Å². The molecule has 1 amide bonds. The number of aliphatic hydroxyl groups is 1. The number of hydrogen-bond donors (Lipinski definition) is 2. The third-order valence-corrected chi connectivity index (χ3v) is 4.94. The molecule has 3 rings (SSSR count). The highest BCUT2D eigenvalue weighted by atomic mass is 16.5. The molecule has 2 aromatic carbocycles. The lowest BCUT2D eigenvalue weighted by Crippen LogP contribution is -2.35. The highest BCUT2D eigenvalue weighted by Gasteiger charge is 2.37. The monoisotopic (exact) mass is 384 g/mol. The maximum atomic E-state index is 13.2. The van der Waals surface area contributed by atoms with E-state index in [0.29, 0.717) is 42.3 Å². The van der Waals surface area contributed by atoms with Crippen LogP contribution >= 0.6 is 0 Å². The van der Waals surface area contributed by atoms with Crippen molar-refractivity contribution in [3.8, 4) is 11.5 Å². The molecule has 6 heteroatoms. The quantitative estimate of drug-likeness (QED) is 0.713. The number of carbonyl (C=O) groups is 1. The number of nitrogens with two attached hydrogens (primary N) is 1. The van der Waals surface area contributed by atoms with E-state index in [2.05, 4.69) is 0 Å². The number of nitrogens with zero attached hydrogens (tertiary/aromatic N) is 1. The lowest BCUT2D eigenvalue weighted by molar-refractivity contribution is 0.0301. The van der Waals surface area contributed by atoms with Crippen LogP contribution in [0.15, 0.2) is 36.4 Å². The van der Waals surface area contributed by atoms with Crippen molar-refractivity contribution in [2.75, 3.05) is 19.5 Å². The first kappa shape index (κ1) is 20.0. The van der Waals surface area contributed by atoms with Gasteiger partial charge in [-0.05, 0) is 50.1 Å². The molecule has 0 bridgehead atoms. The van der Waals surface area contributed by atoms with Crippen LogP contribution < -0.4 is 15.2 Å². The summed E-state index contributed by atoms with van der Waals surface area (Å²) in [5, 5.41) is 10.5. The Kier molecular flexibility index (Phi) is 5.52. The largest absolute Gasteiger partial charge is 0.493 e. The van der Waals surface area contributed by atoms with Crippen LogP contribution in [-0.2, 0) is 6.54 Å². The first-order valence-electron chi connectivity index (χ1n) is 9.46. The fraction of sp³-hybridized carbons (Fsp3) is 0.409. The van der Waals surface area contributed by atoms with Gasteiger partial charge in [0.05, 0.1) is 30.9 Å². The van der Waals surface area contributed by atoms with Gasteiger partial charge < -0.3 is 25.2 Å². The summed E-state index contributed by atoms with van der Waals surface area (Å²) in [4.78, 5) is 14.9. The molecule has 0 saturated heterocycles. The zero-order valence-electron chi connectivity index (χ0n) is 16.9. The predicted molar refractivity (Wildman–Crippen MR) is 109 cm³/mol. The summed E-state index contributed by atoms with van der Waals surface area (Å²) < 4.78 is 11.1. The number of methoxy groups -OCH3 is 1. The van der Waals surface area contributed by atoms with Crippen molar-refractivity contribution in [2.45, 2.75) is 45.4 Å². The van der Waals surface area contributed by atoms with Crippen LogP contribution in [0, 0.1) is 0 Å². The molecule has 0 saturated carbocycles. The van der Waals surface area contributed by atoms with Gasteiger partial charge in [-0.1, -0.05) is 18.2 Å². The number of hydrogen-bond acceptors (Lipinski definition) is 5. The molecule has 3 N–H and O–H groups in total. The van der Waals surface area contributed by atoms with Crippen molar-refractivity contribution in [1.29, 1.82) is 0 Å². The number of fused-ring (bicyclic) bond motifs is 1. The summed E-state index contributed by atoms with van der Waals surface area (Å²) in [5.74, 6) is 1.14. The molecule has 6 nitrogen and oxygen atoms in total. The molecule has 1 aliphatic heterocycles. The molecule has 0 fully saturated rings. The number of anilines is 1. The molecule has 28 heavy (non-hydrogen) atoms. The average Bonchev–Trinajstić information content (AvgIpc) is 2.97. The van der Waals surface area contributed by atoms with Crippen LogP contribution in [0.25, 0.3) is 0 Å². The zero-order chi connectivity index (χ0) is 20.5. The second-order valence-corrected chi connectivity index (χ2v) is 7.69. The van der Waals surface area contributed by atoms with Gasteiger partial charge in [-0.15, -0.1) is 0 Å². The van der Waals surface area contributed by atoms with E-state index in [1.807, 2.05) is 37.3 Å². The Morgan fingerprint density at radius 1 is 1.25 bits per heavy atom. The summed E-state index contributed by atoms with van der Waals surface area (Å²) in [6.07, 6.45) is 0.379. The van der Waals surface area contributed by atoms with Crippen molar-refractivity contribution >= 4 is 11.6 Å². The molecule has 1 atom stereocenters. The Hall–Kier alpha value is -2.73. The second kappa shape index (κ2) is 7.72. The van der Waals surface area contributed by atoms with Gasteiger partial charge in [0.2, 0.25) is 0 Å². The predicted octanol–water partition coefficient (Wildman–Crippen LogP) is 3.53. The van der Waals surface area contributed by atoms with Crippen molar-refractivity contribution in [3.63, 3.8) is 0 Å². The minimum absolute atomic E-state index is 0.115. The third kappa shape index (κ3) is 3.92. The number of ether oxygens (including phenoxy) is 2. The Labute approximate surface area is 165 Å². The summed E-state index contributed by atoms with van der Waals surface area (Å²) in [6, 6.07) is 10.8. The lowest BCUT2D eigenvalue weighted by Gasteiger charge is -2.33. The van der Waals surface area contributed by atoms with Crippen LogP contribution in [0.1, 0.15) is 54.7 Å². The van der Waals surface area contributed by atoms with E-state index >= 15 is 0 Å². The average molecular weight is 384 g/mol. The number of carbonyl (C=O) groups excluding carboxylic acids is 1. The van der Waals surface area contributed by atoms with Gasteiger partial charge in [0.25, 0.3) is 5.91 Å². The number of amides is 1. The zero-order valence-corrected chi connectivity index (χ0v) is 16.9. The topological polar surface area (TPSA) is 85.0 Å². The van der Waals surface area contributed by atoms with Gasteiger partial charge in [-0.25, -0.2) is 0 Å². The van der Waals surface area contributed by atoms with Crippen LogP contribution in [0.5, 0.6) is 11.5 Å². The van der Waals surface area contributed by atoms with Crippen LogP contribution in [-0.4, -0.2) is 35.2 Å². The SMILES string of the molecule is CCOc1cc(C(CC(C)(C)O)N2Cc3cccc(N)c3C2=O)ccc1OC. The normalized spacial score (nSPS) is 14.8. The molecule has 1 aliphatic rings. The highest BCUT2D eigenvalue weighted by Crippen LogP contribution is 2.40. The van der Waals surface area contributed by atoms with E-state index in [-0.39, 0.29) is 11.9 Å². The van der Waals surface area contributed by atoms with Crippen LogP contribution in [0.3, 0.4) is 0 Å². The molecular weight excluding hydrogens is 356 g/mol. The molecular formula is C22H28N2O4. The first-order chi connectivity index (χ1) is 13.2. The van der Waals surface area contributed by atoms with Crippen molar-refractivity contribution in [1.82, 2.24) is 4.90 Å². The molecule has 150 valence electrons. The van der Waals surface area contributed by atoms with Gasteiger partial charge in [0, 0.05) is 18.7 Å². The minimum atomic E-state index is -0.961. The summed E-state index contributed by atoms with van der Waals surface area (Å²) >= 11 is 0. The fourth-order valence-corrected chi connectivity index (χ4v) is 3.71. The van der Waals surface area contributed by atoms with Gasteiger partial charge in [-0.3, -0.25) is 4.79 Å². The summed E-state index contributed by atoms with van der Waals surface area (Å²) in [6.45, 7) is 6.35. The van der Waals surface area contributed by atoms with Crippen LogP contribution in [0.4, 0.5) is 5.69 Å². The third-order valence-electron chi connectivity index (χ3n) is 4.94. The number of rotatable bonds is 7. The van der Waals surface area contributed by atoms with E-state index in [1.54, 1.807) is 31.9 Å². The molecule has 0 radical (unpaired) electrons. The summed E-state index contributed by atoms with van der Waals surface area (Å²) in [7, 11) is 1.59. The number of benzene rings is 2. The Morgan fingerprint density at radius 2 is 2.00 bits per heavy atom. The van der Waals surface area contributed by atoms with Gasteiger partial charge in [0.15, 0.2) is 11.5 Å². The lowest BCUT2D eigenvalue weighted by atomic mass is 9.92. The highest BCUT2D eigenvalue weighted by molar-refractivity contribution is 6.03. The van der Waals surface area contributed by atoms with E-state index in [9.17, 15) is 9.90 Å². The number of nitrogen functional groups attached to an aromatic ring is 1. The molecule has 0 aromatic heterocycles. The van der Waals surface area contributed by atoms with E-state index in [1.165, 1.54) is 0 Å². The summed E-state index contributed by atoms with van der Waals surface area (Å²) in [5.41, 5.74) is 7.93. The van der Waals surface area contributed by atoms with E-state index in [4.69, 9.17) is 15.2 Å². The van der Waals surface area contributed by atoms with Crippen LogP contribution in [0.2, 0.25) is 0 Å². The van der Waals surface area contributed by atoms with Crippen molar-refractivity contribution in [3.05, 3.63) is 53.1 Å². The Morgan fingerprint density at radius 3 is 2.61 bits per heavy atom. The van der Waals surface area contributed by atoms with Gasteiger partial charge in [0.1, 0.15) is 0 Å². The van der Waals surface area contributed by atoms with E-state index in [0.717, 1.165) is 11.1 Å². The first-order valence-corrected chi connectivity index (χ1v) is 9.46. The molecule has 0 spiro atoms. The maximum Gasteiger partial charge on any atom is 0.257 e. The van der Waals surface area contributed by atoms with E-state index < -0.39 is 5.60 Å². The molecule has 1 heterocycles. The van der Waals surface area contributed by atoms with Gasteiger partial charge in [-0.2, -0.15) is 0 Å². The Bertz CT molecular complexity index is 873. The fourth-order valence-electron chi connectivity index (χ4n) is 3.71. The smallest absolute Gasteiger partial charge is 0.257 e. The Balaban J connectivity index is 2.03. The maximum absolute atomic E-state index is 13.2. The molecule has 0 aliphatic carbocycles.